The van der Waals surface area contributed by atoms with Gasteiger partial charge in [0.05, 0.1) is 11.5 Å². The van der Waals surface area contributed by atoms with Gasteiger partial charge in [-0.2, -0.15) is 0 Å². The summed E-state index contributed by atoms with van der Waals surface area (Å²) in [6.45, 7) is 12.9. The van der Waals surface area contributed by atoms with E-state index in [0.29, 0.717) is 26.2 Å². The van der Waals surface area contributed by atoms with Gasteiger partial charge in [0.25, 0.3) is 0 Å². The number of aryl methyl sites for hydroxylation is 1. The number of rotatable bonds is 2. The Labute approximate surface area is 174 Å². The second-order valence-corrected chi connectivity index (χ2v) is 11.4. The summed E-state index contributed by atoms with van der Waals surface area (Å²) in [6.07, 6.45) is -0.254. The Hall–Kier alpha value is -1.96. The van der Waals surface area contributed by atoms with Crippen LogP contribution in [0.25, 0.3) is 0 Å². The summed E-state index contributed by atoms with van der Waals surface area (Å²) in [5.74, 6) is 0.440. The number of hydrogen-bond acceptors (Lipinski definition) is 6. The Bertz CT molecular complexity index is 849. The molecule has 2 heterocycles. The largest absolute Gasteiger partial charge is 0.444 e. The number of benzene rings is 1. The van der Waals surface area contributed by atoms with Crippen LogP contribution in [0.5, 0.6) is 0 Å². The summed E-state index contributed by atoms with van der Waals surface area (Å²) < 4.78 is 28.9. The zero-order valence-corrected chi connectivity index (χ0v) is 19.0. The van der Waals surface area contributed by atoms with E-state index in [1.165, 1.54) is 0 Å². The molecule has 2 aliphatic heterocycles. The number of piperazine rings is 1. The molecule has 1 aromatic rings. The first-order chi connectivity index (χ1) is 13.5. The lowest BCUT2D eigenvalue weighted by Gasteiger charge is -2.41. The van der Waals surface area contributed by atoms with Gasteiger partial charge in [-0.05, 0) is 58.4 Å². The van der Waals surface area contributed by atoms with E-state index in [0.717, 1.165) is 23.5 Å². The van der Waals surface area contributed by atoms with Gasteiger partial charge in [-0.1, -0.05) is 0 Å². The molecule has 0 spiro atoms. The minimum atomic E-state index is -2.89. The summed E-state index contributed by atoms with van der Waals surface area (Å²) in [4.78, 5) is 18.6. The molecule has 0 aliphatic carbocycles. The maximum absolute atomic E-state index is 12.4. The third-order valence-electron chi connectivity index (χ3n) is 5.48. The molecule has 0 N–H and O–H groups in total. The zero-order chi connectivity index (χ0) is 21.4. The lowest BCUT2D eigenvalue weighted by Crippen LogP contribution is -2.54. The normalized spacial score (nSPS) is 22.5. The maximum Gasteiger partial charge on any atom is 0.410 e. The smallest absolute Gasteiger partial charge is 0.410 e. The molecule has 2 aliphatic rings. The lowest BCUT2D eigenvalue weighted by molar-refractivity contribution is 0.0219. The Morgan fingerprint density at radius 1 is 1.10 bits per heavy atom. The van der Waals surface area contributed by atoms with Gasteiger partial charge >= 0.3 is 6.09 Å². The van der Waals surface area contributed by atoms with Gasteiger partial charge < -0.3 is 19.4 Å². The number of anilines is 2. The zero-order valence-electron chi connectivity index (χ0n) is 18.1. The van der Waals surface area contributed by atoms with Crippen molar-refractivity contribution in [2.45, 2.75) is 46.3 Å². The van der Waals surface area contributed by atoms with Crippen molar-refractivity contribution in [3.8, 4) is 0 Å². The second kappa shape index (κ2) is 8.05. The van der Waals surface area contributed by atoms with Gasteiger partial charge in [0.15, 0.2) is 9.84 Å². The van der Waals surface area contributed by atoms with E-state index in [4.69, 9.17) is 4.74 Å². The highest BCUT2D eigenvalue weighted by Crippen LogP contribution is 2.29. The molecule has 1 amide bonds. The van der Waals surface area contributed by atoms with Crippen LogP contribution in [-0.4, -0.2) is 75.3 Å². The minimum absolute atomic E-state index is 0.182. The van der Waals surface area contributed by atoms with Crippen molar-refractivity contribution in [2.24, 2.45) is 0 Å². The standard InChI is InChI=1S/C21H33N3O4S/c1-16-14-18(6-7-19(16)22-10-12-29(26,27)13-11-22)24-9-8-23(15-17(24)2)20(25)28-21(3,4)5/h6-7,14,17H,8-13,15H2,1-5H3/t17-/m1/s1. The molecule has 7 nitrogen and oxygen atoms in total. The van der Waals surface area contributed by atoms with Gasteiger partial charge in [-0.3, -0.25) is 0 Å². The van der Waals surface area contributed by atoms with Crippen molar-refractivity contribution >= 4 is 27.3 Å². The predicted molar refractivity (Wildman–Crippen MR) is 117 cm³/mol. The van der Waals surface area contributed by atoms with E-state index in [1.807, 2.05) is 20.8 Å². The second-order valence-electron chi connectivity index (χ2n) is 9.08. The third-order valence-corrected chi connectivity index (χ3v) is 7.09. The molecule has 162 valence electrons. The van der Waals surface area contributed by atoms with Gasteiger partial charge in [-0.15, -0.1) is 0 Å². The molecule has 0 aromatic heterocycles. The lowest BCUT2D eigenvalue weighted by atomic mass is 10.1. The van der Waals surface area contributed by atoms with Gasteiger partial charge in [0.2, 0.25) is 0 Å². The van der Waals surface area contributed by atoms with Crippen molar-refractivity contribution in [2.75, 3.05) is 54.0 Å². The first-order valence-corrected chi connectivity index (χ1v) is 12.1. The molecule has 2 fully saturated rings. The summed E-state index contributed by atoms with van der Waals surface area (Å²) in [6, 6.07) is 6.54. The molecule has 8 heteroatoms. The topological polar surface area (TPSA) is 70.2 Å². The van der Waals surface area contributed by atoms with Crippen LogP contribution in [0.4, 0.5) is 16.2 Å². The van der Waals surface area contributed by atoms with Crippen LogP contribution in [0.3, 0.4) is 0 Å². The number of nitrogens with zero attached hydrogens (tertiary/aromatic N) is 3. The van der Waals surface area contributed by atoms with Crippen molar-refractivity contribution in [1.29, 1.82) is 0 Å². The summed E-state index contributed by atoms with van der Waals surface area (Å²) in [5.41, 5.74) is 2.89. The van der Waals surface area contributed by atoms with Crippen LogP contribution in [0.1, 0.15) is 33.3 Å². The summed E-state index contributed by atoms with van der Waals surface area (Å²) >= 11 is 0. The summed E-state index contributed by atoms with van der Waals surface area (Å²) in [5, 5.41) is 0. The van der Waals surface area contributed by atoms with Crippen molar-refractivity contribution in [1.82, 2.24) is 4.90 Å². The van der Waals surface area contributed by atoms with E-state index in [-0.39, 0.29) is 23.6 Å². The maximum atomic E-state index is 12.4. The molecule has 0 radical (unpaired) electrons. The number of carbonyl (C=O) groups is 1. The number of hydrogen-bond donors (Lipinski definition) is 0. The third kappa shape index (κ3) is 5.35. The fourth-order valence-electron chi connectivity index (χ4n) is 3.96. The highest BCUT2D eigenvalue weighted by atomic mass is 32.2. The van der Waals surface area contributed by atoms with Gasteiger partial charge in [0, 0.05) is 50.1 Å². The number of amides is 1. The van der Waals surface area contributed by atoms with Crippen LogP contribution in [0.15, 0.2) is 18.2 Å². The molecule has 2 saturated heterocycles. The number of carbonyl (C=O) groups excluding carboxylic acids is 1. The van der Waals surface area contributed by atoms with E-state index >= 15 is 0 Å². The first-order valence-electron chi connectivity index (χ1n) is 10.3. The SMILES string of the molecule is Cc1cc(N2CCN(C(=O)OC(C)(C)C)C[C@H]2C)ccc1N1CCS(=O)(=O)CC1. The molecule has 3 rings (SSSR count). The van der Waals surface area contributed by atoms with Crippen LogP contribution in [-0.2, 0) is 14.6 Å². The van der Waals surface area contributed by atoms with Crippen LogP contribution in [0.2, 0.25) is 0 Å². The highest BCUT2D eigenvalue weighted by molar-refractivity contribution is 7.91. The van der Waals surface area contributed by atoms with Crippen LogP contribution < -0.4 is 9.80 Å². The summed E-state index contributed by atoms with van der Waals surface area (Å²) in [7, 11) is -2.89. The minimum Gasteiger partial charge on any atom is -0.444 e. The quantitative estimate of drug-likeness (QED) is 0.728. The monoisotopic (exact) mass is 423 g/mol. The molecule has 1 atom stereocenters. The van der Waals surface area contributed by atoms with Crippen LogP contribution >= 0.6 is 0 Å². The van der Waals surface area contributed by atoms with Crippen LogP contribution in [0, 0.1) is 6.92 Å². The van der Waals surface area contributed by atoms with E-state index in [2.05, 4.69) is 41.8 Å². The number of ether oxygens (including phenoxy) is 1. The average Bonchev–Trinajstić information content (AvgIpc) is 2.60. The molecule has 0 bridgehead atoms. The van der Waals surface area contributed by atoms with Gasteiger partial charge in [-0.25, -0.2) is 13.2 Å². The van der Waals surface area contributed by atoms with E-state index in [1.54, 1.807) is 4.90 Å². The molecule has 1 aromatic carbocycles. The fourth-order valence-corrected chi connectivity index (χ4v) is 5.16. The Morgan fingerprint density at radius 3 is 2.31 bits per heavy atom. The molecule has 0 saturated carbocycles. The first kappa shape index (κ1) is 21.7. The fraction of sp³-hybridized carbons (Fsp3) is 0.667. The Kier molecular flexibility index (Phi) is 6.03. The molecular formula is C21H33N3O4S. The molecule has 0 unspecified atom stereocenters. The van der Waals surface area contributed by atoms with Crippen molar-refractivity contribution in [3.63, 3.8) is 0 Å². The Balaban J connectivity index is 1.66. The van der Waals surface area contributed by atoms with E-state index < -0.39 is 15.4 Å². The molecule has 29 heavy (non-hydrogen) atoms. The highest BCUT2D eigenvalue weighted by Gasteiger charge is 2.30. The van der Waals surface area contributed by atoms with Crippen molar-refractivity contribution < 1.29 is 17.9 Å². The van der Waals surface area contributed by atoms with E-state index in [9.17, 15) is 13.2 Å². The van der Waals surface area contributed by atoms with Gasteiger partial charge in [0.1, 0.15) is 5.60 Å². The number of sulfone groups is 1. The Morgan fingerprint density at radius 2 is 1.76 bits per heavy atom. The molecular weight excluding hydrogens is 390 g/mol. The van der Waals surface area contributed by atoms with Crippen molar-refractivity contribution in [3.05, 3.63) is 23.8 Å². The predicted octanol–water partition coefficient (Wildman–Crippen LogP) is 2.68. The average molecular weight is 424 g/mol.